The molecule has 0 unspecified atom stereocenters. The molecule has 4 aromatic rings. The number of amides is 1. The molecule has 0 spiro atoms. The number of nitriles is 1. The molecule has 0 bridgehead atoms. The number of nitrogens with one attached hydrogen (secondary N) is 1. The van der Waals surface area contributed by atoms with Crippen molar-refractivity contribution in [2.45, 2.75) is 0 Å². The molecule has 0 saturated heterocycles. The van der Waals surface area contributed by atoms with E-state index in [0.717, 1.165) is 15.9 Å². The SMILES string of the molecule is N#CC(=C[P+](c1ccccc1)(c1ccccc1)c1ccccc1)NC(=O)c1ccccc1.[Cl-]. The Hall–Kier alpha value is -3.70. The van der Waals surface area contributed by atoms with Crippen molar-refractivity contribution < 1.29 is 17.2 Å². The topological polar surface area (TPSA) is 52.9 Å². The van der Waals surface area contributed by atoms with E-state index in [1.807, 2.05) is 66.5 Å². The van der Waals surface area contributed by atoms with E-state index in [2.05, 4.69) is 47.8 Å². The van der Waals surface area contributed by atoms with E-state index in [1.54, 1.807) is 24.3 Å². The molecule has 1 amide bonds. The summed E-state index contributed by atoms with van der Waals surface area (Å²) in [5, 5.41) is 16.2. The lowest BCUT2D eigenvalue weighted by atomic mass is 10.2. The molecule has 0 aliphatic heterocycles. The average molecular weight is 469 g/mol. The lowest BCUT2D eigenvalue weighted by molar-refractivity contribution is -0.0000148. The fourth-order valence-corrected chi connectivity index (χ4v) is 7.51. The van der Waals surface area contributed by atoms with Crippen molar-refractivity contribution in [3.63, 3.8) is 0 Å². The molecule has 0 aromatic heterocycles. The molecule has 162 valence electrons. The van der Waals surface area contributed by atoms with Gasteiger partial charge in [-0.1, -0.05) is 72.8 Å². The van der Waals surface area contributed by atoms with E-state index in [1.165, 1.54) is 0 Å². The van der Waals surface area contributed by atoms with Gasteiger partial charge < -0.3 is 17.7 Å². The number of carbonyl (C=O) groups is 1. The molecule has 0 fully saturated rings. The van der Waals surface area contributed by atoms with Gasteiger partial charge in [-0.15, -0.1) is 0 Å². The molecule has 0 aliphatic rings. The van der Waals surface area contributed by atoms with Crippen LogP contribution in [0.15, 0.2) is 133 Å². The summed E-state index contributed by atoms with van der Waals surface area (Å²) in [5.41, 5.74) is 0.750. The first-order valence-corrected chi connectivity index (χ1v) is 12.1. The fraction of sp³-hybridized carbons (Fsp3) is 0. The van der Waals surface area contributed by atoms with E-state index in [0.29, 0.717) is 5.56 Å². The van der Waals surface area contributed by atoms with E-state index in [4.69, 9.17) is 0 Å². The van der Waals surface area contributed by atoms with Crippen LogP contribution in [0.4, 0.5) is 0 Å². The van der Waals surface area contributed by atoms with Gasteiger partial charge in [0.05, 0.1) is 0 Å². The lowest BCUT2D eigenvalue weighted by Crippen LogP contribution is -3.00. The Kier molecular flexibility index (Phi) is 8.17. The fourth-order valence-electron chi connectivity index (χ4n) is 3.73. The van der Waals surface area contributed by atoms with Crippen LogP contribution in [-0.4, -0.2) is 5.91 Å². The average Bonchev–Trinajstić information content (AvgIpc) is 2.88. The molecule has 33 heavy (non-hydrogen) atoms. The van der Waals surface area contributed by atoms with Gasteiger partial charge in [-0.25, -0.2) is 0 Å². The van der Waals surface area contributed by atoms with Gasteiger partial charge in [0.1, 0.15) is 35.1 Å². The highest BCUT2D eigenvalue weighted by molar-refractivity contribution is 7.98. The quantitative estimate of drug-likeness (QED) is 0.346. The summed E-state index contributed by atoms with van der Waals surface area (Å²) in [7, 11) is -2.37. The Balaban J connectivity index is 0.00000306. The van der Waals surface area contributed by atoms with Crippen LogP contribution in [0.2, 0.25) is 0 Å². The molecule has 5 heteroatoms. The molecule has 0 aliphatic carbocycles. The molecular formula is C28H22ClN2OP. The van der Waals surface area contributed by atoms with Gasteiger partial charge in [0.25, 0.3) is 5.91 Å². The van der Waals surface area contributed by atoms with Crippen molar-refractivity contribution in [3.8, 4) is 6.07 Å². The number of hydrogen-bond acceptors (Lipinski definition) is 2. The number of allylic oxidation sites excluding steroid dienone is 1. The summed E-state index contributed by atoms with van der Waals surface area (Å²) in [5.74, 6) is 1.67. The van der Waals surface area contributed by atoms with Gasteiger partial charge in [0.15, 0.2) is 5.70 Å². The van der Waals surface area contributed by atoms with Gasteiger partial charge in [-0.05, 0) is 48.5 Å². The number of rotatable bonds is 6. The summed E-state index contributed by atoms with van der Waals surface area (Å²) in [4.78, 5) is 12.8. The predicted octanol–water partition coefficient (Wildman–Crippen LogP) is 1.78. The van der Waals surface area contributed by atoms with Gasteiger partial charge in [0, 0.05) is 5.56 Å². The number of benzene rings is 4. The second kappa shape index (κ2) is 11.2. The van der Waals surface area contributed by atoms with Crippen LogP contribution in [0.25, 0.3) is 0 Å². The van der Waals surface area contributed by atoms with Crippen LogP contribution in [0.5, 0.6) is 0 Å². The molecule has 0 atom stereocenters. The Bertz CT molecular complexity index is 1160. The first kappa shape index (κ1) is 24.0. The van der Waals surface area contributed by atoms with Crippen LogP contribution in [0, 0.1) is 11.3 Å². The summed E-state index contributed by atoms with van der Waals surface area (Å²) in [6, 6.07) is 41.8. The number of nitrogens with zero attached hydrogens (tertiary/aromatic N) is 1. The maximum atomic E-state index is 12.8. The van der Waals surface area contributed by atoms with Gasteiger partial charge in [0.2, 0.25) is 0 Å². The maximum Gasteiger partial charge on any atom is 0.256 e. The van der Waals surface area contributed by atoms with Gasteiger partial charge in [-0.3, -0.25) is 4.79 Å². The molecule has 0 heterocycles. The van der Waals surface area contributed by atoms with Gasteiger partial charge >= 0.3 is 0 Å². The molecule has 1 N–H and O–H groups in total. The van der Waals surface area contributed by atoms with Crippen LogP contribution >= 0.6 is 7.26 Å². The Morgan fingerprint density at radius 2 is 1.03 bits per heavy atom. The zero-order valence-electron chi connectivity index (χ0n) is 17.8. The summed E-state index contributed by atoms with van der Waals surface area (Å²) < 4.78 is 0. The van der Waals surface area contributed by atoms with Crippen LogP contribution < -0.4 is 33.6 Å². The largest absolute Gasteiger partial charge is 1.00 e. The van der Waals surface area contributed by atoms with Crippen molar-refractivity contribution in [3.05, 3.63) is 138 Å². The van der Waals surface area contributed by atoms with Gasteiger partial charge in [-0.2, -0.15) is 5.26 Å². The Morgan fingerprint density at radius 3 is 1.39 bits per heavy atom. The highest BCUT2D eigenvalue weighted by Crippen LogP contribution is 2.57. The maximum absolute atomic E-state index is 12.8. The first-order chi connectivity index (χ1) is 15.7. The summed E-state index contributed by atoms with van der Waals surface area (Å²) in [6.45, 7) is 0. The molecule has 4 rings (SSSR count). The minimum absolute atomic E-state index is 0. The summed E-state index contributed by atoms with van der Waals surface area (Å²) in [6.07, 6.45) is 0. The zero-order valence-corrected chi connectivity index (χ0v) is 19.5. The van der Waals surface area contributed by atoms with Crippen molar-refractivity contribution in [2.24, 2.45) is 0 Å². The summed E-state index contributed by atoms with van der Waals surface area (Å²) >= 11 is 0. The van der Waals surface area contributed by atoms with E-state index >= 15 is 0 Å². The zero-order chi connectivity index (χ0) is 22.2. The molecule has 4 aromatic carbocycles. The lowest BCUT2D eigenvalue weighted by Gasteiger charge is -2.24. The van der Waals surface area contributed by atoms with E-state index < -0.39 is 7.26 Å². The minimum Gasteiger partial charge on any atom is -1.00 e. The highest BCUT2D eigenvalue weighted by Gasteiger charge is 2.44. The third-order valence-electron chi connectivity index (χ3n) is 5.22. The predicted molar refractivity (Wildman–Crippen MR) is 133 cm³/mol. The monoisotopic (exact) mass is 468 g/mol. The molecule has 0 radical (unpaired) electrons. The number of carbonyl (C=O) groups excluding carboxylic acids is 1. The molecule has 3 nitrogen and oxygen atoms in total. The second-order valence-corrected chi connectivity index (χ2v) is 10.5. The second-order valence-electron chi connectivity index (χ2n) is 7.20. The molecular weight excluding hydrogens is 447 g/mol. The smallest absolute Gasteiger partial charge is 0.256 e. The third-order valence-corrected chi connectivity index (χ3v) is 9.20. The van der Waals surface area contributed by atoms with Crippen molar-refractivity contribution in [1.82, 2.24) is 5.32 Å². The highest BCUT2D eigenvalue weighted by atomic mass is 35.5. The standard InChI is InChI=1S/C28H21N2OP.ClH/c29-21-24(30-28(31)23-13-5-1-6-14-23)22-32(25-15-7-2-8-16-25,26-17-9-3-10-18-26)27-19-11-4-12-20-27;/h1-20,22H;1H. The number of halogens is 1. The number of hydrogen-bond donors (Lipinski definition) is 1. The minimum atomic E-state index is -2.37. The van der Waals surface area contributed by atoms with E-state index in [-0.39, 0.29) is 24.0 Å². The van der Waals surface area contributed by atoms with Crippen LogP contribution in [-0.2, 0) is 0 Å². The van der Waals surface area contributed by atoms with Crippen LogP contribution in [0.1, 0.15) is 10.4 Å². The van der Waals surface area contributed by atoms with E-state index in [9.17, 15) is 10.1 Å². The Labute approximate surface area is 201 Å². The van der Waals surface area contributed by atoms with Crippen molar-refractivity contribution >= 4 is 29.1 Å². The van der Waals surface area contributed by atoms with Crippen molar-refractivity contribution in [1.29, 1.82) is 5.26 Å². The van der Waals surface area contributed by atoms with Crippen LogP contribution in [0.3, 0.4) is 0 Å². The third kappa shape index (κ3) is 5.21. The normalized spacial score (nSPS) is 11.1. The first-order valence-electron chi connectivity index (χ1n) is 10.3. The molecule has 0 saturated carbocycles. The Morgan fingerprint density at radius 1 is 0.667 bits per heavy atom. The van der Waals surface area contributed by atoms with Crippen molar-refractivity contribution in [2.75, 3.05) is 0 Å².